The van der Waals surface area contributed by atoms with E-state index < -0.39 is 0 Å². The van der Waals surface area contributed by atoms with Gasteiger partial charge in [0.2, 0.25) is 5.91 Å². The minimum absolute atomic E-state index is 0.0465. The van der Waals surface area contributed by atoms with Crippen molar-refractivity contribution < 1.29 is 14.3 Å². The molecule has 14 heavy (non-hydrogen) atoms. The first-order chi connectivity index (χ1) is 6.83. The van der Waals surface area contributed by atoms with Crippen LogP contribution in [0.3, 0.4) is 0 Å². The van der Waals surface area contributed by atoms with Gasteiger partial charge in [0, 0.05) is 19.7 Å². The van der Waals surface area contributed by atoms with E-state index in [1.54, 1.807) is 7.11 Å². The third kappa shape index (κ3) is 4.55. The number of rotatable bonds is 6. The molecule has 1 heterocycles. The van der Waals surface area contributed by atoms with Crippen molar-refractivity contribution in [3.63, 3.8) is 0 Å². The molecule has 0 bridgehead atoms. The zero-order valence-corrected chi connectivity index (χ0v) is 8.54. The lowest BCUT2D eigenvalue weighted by molar-refractivity contribution is -0.126. The quantitative estimate of drug-likeness (QED) is 0.550. The number of amides is 1. The van der Waals surface area contributed by atoms with Crippen molar-refractivity contribution in [2.75, 3.05) is 40.0 Å². The fourth-order valence-corrected chi connectivity index (χ4v) is 1.35. The van der Waals surface area contributed by atoms with E-state index in [9.17, 15) is 4.79 Å². The molecule has 0 spiro atoms. The first-order valence-corrected chi connectivity index (χ1v) is 4.89. The Labute approximate surface area is 84.1 Å². The van der Waals surface area contributed by atoms with Crippen molar-refractivity contribution in [2.24, 2.45) is 0 Å². The zero-order chi connectivity index (χ0) is 10.2. The normalized spacial score (nSPS) is 21.1. The van der Waals surface area contributed by atoms with E-state index in [1.165, 1.54) is 0 Å². The van der Waals surface area contributed by atoms with Gasteiger partial charge in [-0.25, -0.2) is 0 Å². The molecule has 0 unspecified atom stereocenters. The van der Waals surface area contributed by atoms with Crippen molar-refractivity contribution >= 4 is 5.91 Å². The van der Waals surface area contributed by atoms with Crippen molar-refractivity contribution in [1.82, 2.24) is 10.6 Å². The van der Waals surface area contributed by atoms with Gasteiger partial charge in [0.1, 0.15) is 6.61 Å². The maximum Gasteiger partial charge on any atom is 0.246 e. The van der Waals surface area contributed by atoms with Crippen molar-refractivity contribution in [3.8, 4) is 0 Å². The molecular weight excluding hydrogens is 184 g/mol. The second kappa shape index (κ2) is 6.75. The van der Waals surface area contributed by atoms with Gasteiger partial charge in [-0.15, -0.1) is 0 Å². The van der Waals surface area contributed by atoms with E-state index in [0.29, 0.717) is 13.2 Å². The highest BCUT2D eigenvalue weighted by Crippen LogP contribution is 1.96. The summed E-state index contributed by atoms with van der Waals surface area (Å²) >= 11 is 0. The van der Waals surface area contributed by atoms with E-state index in [0.717, 1.165) is 19.5 Å². The van der Waals surface area contributed by atoms with Gasteiger partial charge in [0.25, 0.3) is 0 Å². The van der Waals surface area contributed by atoms with Crippen molar-refractivity contribution in [2.45, 2.75) is 12.5 Å². The van der Waals surface area contributed by atoms with E-state index in [2.05, 4.69) is 10.6 Å². The highest BCUT2D eigenvalue weighted by Gasteiger charge is 2.16. The van der Waals surface area contributed by atoms with E-state index >= 15 is 0 Å². The van der Waals surface area contributed by atoms with E-state index in [1.807, 2.05) is 0 Å². The lowest BCUT2D eigenvalue weighted by Gasteiger charge is -2.11. The predicted molar refractivity (Wildman–Crippen MR) is 52.1 cm³/mol. The van der Waals surface area contributed by atoms with E-state index in [4.69, 9.17) is 9.47 Å². The standard InChI is InChI=1S/C9H18N2O3/c1-13-4-5-14-7-9(12)11-8-2-3-10-6-8/h8,10H,2-7H2,1H3,(H,11,12)/t8-/m1/s1. The number of methoxy groups -OCH3 is 1. The van der Waals surface area contributed by atoms with Crippen LogP contribution >= 0.6 is 0 Å². The number of ether oxygens (including phenoxy) is 2. The van der Waals surface area contributed by atoms with Gasteiger partial charge in [-0.3, -0.25) is 4.79 Å². The summed E-state index contributed by atoms with van der Waals surface area (Å²) in [6.45, 7) is 2.96. The number of carbonyl (C=O) groups is 1. The second-order valence-corrected chi connectivity index (χ2v) is 3.30. The van der Waals surface area contributed by atoms with E-state index in [-0.39, 0.29) is 18.6 Å². The molecule has 1 aliphatic heterocycles. The molecule has 2 N–H and O–H groups in total. The van der Waals surface area contributed by atoms with Crippen LogP contribution in [0.25, 0.3) is 0 Å². The Kier molecular flexibility index (Phi) is 5.51. The molecule has 0 aromatic rings. The molecule has 0 saturated carbocycles. The highest BCUT2D eigenvalue weighted by atomic mass is 16.5. The van der Waals surface area contributed by atoms with Crippen LogP contribution in [0.5, 0.6) is 0 Å². The Morgan fingerprint density at radius 2 is 2.43 bits per heavy atom. The average molecular weight is 202 g/mol. The average Bonchev–Trinajstić information content (AvgIpc) is 2.65. The summed E-state index contributed by atoms with van der Waals surface area (Å²) in [6.07, 6.45) is 1.00. The molecular formula is C9H18N2O3. The summed E-state index contributed by atoms with van der Waals surface area (Å²) in [6, 6.07) is 0.272. The second-order valence-electron chi connectivity index (χ2n) is 3.30. The zero-order valence-electron chi connectivity index (χ0n) is 8.54. The van der Waals surface area contributed by atoms with Gasteiger partial charge < -0.3 is 20.1 Å². The Morgan fingerprint density at radius 3 is 3.07 bits per heavy atom. The van der Waals surface area contributed by atoms with Crippen LogP contribution in [-0.2, 0) is 14.3 Å². The maximum absolute atomic E-state index is 11.3. The van der Waals surface area contributed by atoms with Gasteiger partial charge in [0.05, 0.1) is 13.2 Å². The summed E-state index contributed by atoms with van der Waals surface area (Å²) in [5.41, 5.74) is 0. The number of hydrogen-bond acceptors (Lipinski definition) is 4. The first-order valence-electron chi connectivity index (χ1n) is 4.89. The summed E-state index contributed by atoms with van der Waals surface area (Å²) in [7, 11) is 1.60. The molecule has 1 saturated heterocycles. The lowest BCUT2D eigenvalue weighted by Crippen LogP contribution is -2.38. The summed E-state index contributed by atoms with van der Waals surface area (Å²) in [5, 5.41) is 6.07. The monoisotopic (exact) mass is 202 g/mol. The molecule has 0 aromatic heterocycles. The van der Waals surface area contributed by atoms with Crippen LogP contribution in [0, 0.1) is 0 Å². The molecule has 82 valence electrons. The molecule has 1 rings (SSSR count). The first kappa shape index (κ1) is 11.4. The third-order valence-electron chi connectivity index (χ3n) is 2.09. The molecule has 1 atom stereocenters. The van der Waals surface area contributed by atoms with Crippen LogP contribution in [-0.4, -0.2) is 52.0 Å². The lowest BCUT2D eigenvalue weighted by atomic mass is 10.2. The Bertz CT molecular complexity index is 169. The number of hydrogen-bond donors (Lipinski definition) is 2. The van der Waals surface area contributed by atoms with Crippen LogP contribution in [0.1, 0.15) is 6.42 Å². The largest absolute Gasteiger partial charge is 0.382 e. The molecule has 1 aliphatic rings. The summed E-state index contributed by atoms with van der Waals surface area (Å²) in [5.74, 6) is -0.0465. The number of nitrogens with one attached hydrogen (secondary N) is 2. The van der Waals surface area contributed by atoms with Crippen molar-refractivity contribution in [3.05, 3.63) is 0 Å². The molecule has 1 amide bonds. The van der Waals surface area contributed by atoms with Gasteiger partial charge in [-0.2, -0.15) is 0 Å². The molecule has 5 heteroatoms. The molecule has 0 aliphatic carbocycles. The fourth-order valence-electron chi connectivity index (χ4n) is 1.35. The van der Waals surface area contributed by atoms with Gasteiger partial charge in [-0.05, 0) is 13.0 Å². The molecule has 1 fully saturated rings. The Morgan fingerprint density at radius 1 is 1.57 bits per heavy atom. The minimum atomic E-state index is -0.0465. The molecule has 0 aromatic carbocycles. The van der Waals surface area contributed by atoms with Gasteiger partial charge >= 0.3 is 0 Å². The maximum atomic E-state index is 11.3. The predicted octanol–water partition coefficient (Wildman–Crippen LogP) is -0.872. The SMILES string of the molecule is COCCOCC(=O)N[C@@H]1CCNC1. The molecule has 5 nitrogen and oxygen atoms in total. The Balaban J connectivity index is 1.98. The fraction of sp³-hybridized carbons (Fsp3) is 0.889. The smallest absolute Gasteiger partial charge is 0.246 e. The highest BCUT2D eigenvalue weighted by molar-refractivity contribution is 5.77. The summed E-state index contributed by atoms with van der Waals surface area (Å²) in [4.78, 5) is 11.3. The van der Waals surface area contributed by atoms with Gasteiger partial charge in [0.15, 0.2) is 0 Å². The van der Waals surface area contributed by atoms with Gasteiger partial charge in [-0.1, -0.05) is 0 Å². The van der Waals surface area contributed by atoms with Crippen LogP contribution in [0.2, 0.25) is 0 Å². The Hall–Kier alpha value is -0.650. The van der Waals surface area contributed by atoms with Crippen LogP contribution < -0.4 is 10.6 Å². The minimum Gasteiger partial charge on any atom is -0.382 e. The van der Waals surface area contributed by atoms with Crippen LogP contribution in [0.15, 0.2) is 0 Å². The van der Waals surface area contributed by atoms with Crippen molar-refractivity contribution in [1.29, 1.82) is 0 Å². The molecule has 0 radical (unpaired) electrons. The number of carbonyl (C=O) groups excluding carboxylic acids is 1. The van der Waals surface area contributed by atoms with Crippen LogP contribution in [0.4, 0.5) is 0 Å². The topological polar surface area (TPSA) is 59.6 Å². The summed E-state index contributed by atoms with van der Waals surface area (Å²) < 4.78 is 9.88. The third-order valence-corrected chi connectivity index (χ3v) is 2.09.